The fraction of sp³-hybridized carbons (Fsp3) is 0.481. The number of nitrogens with one attached hydrogen (secondary N) is 3. The van der Waals surface area contributed by atoms with Gasteiger partial charge in [0.25, 0.3) is 0 Å². The number of amides is 1. The van der Waals surface area contributed by atoms with Crippen LogP contribution >= 0.6 is 0 Å². The van der Waals surface area contributed by atoms with E-state index in [-0.39, 0.29) is 11.9 Å². The lowest BCUT2D eigenvalue weighted by Crippen LogP contribution is -2.46. The molecule has 1 amide bonds. The highest BCUT2D eigenvalue weighted by Gasteiger charge is 2.48. The van der Waals surface area contributed by atoms with E-state index in [4.69, 9.17) is 4.98 Å². The summed E-state index contributed by atoms with van der Waals surface area (Å²) in [5.74, 6) is 5.09. The quantitative estimate of drug-likeness (QED) is 0.501. The number of hydrogen-bond donors (Lipinski definition) is 3. The van der Waals surface area contributed by atoms with Gasteiger partial charge in [0, 0.05) is 12.1 Å². The number of carbonyl (C=O) groups is 1. The summed E-state index contributed by atoms with van der Waals surface area (Å²) < 4.78 is 0. The number of nitrogens with zero attached hydrogens (tertiary/aromatic N) is 1. The minimum atomic E-state index is -0.00133. The lowest BCUT2D eigenvalue weighted by molar-refractivity contribution is -0.121. The average molecular weight is 429 g/mol. The Kier molecular flexibility index (Phi) is 5.02. The molecule has 4 bridgehead atoms. The van der Waals surface area contributed by atoms with Gasteiger partial charge in [-0.2, -0.15) is 0 Å². The van der Waals surface area contributed by atoms with Crippen molar-refractivity contribution in [3.63, 3.8) is 0 Å². The van der Waals surface area contributed by atoms with Crippen molar-refractivity contribution in [1.29, 1.82) is 0 Å². The van der Waals surface area contributed by atoms with Crippen molar-refractivity contribution in [3.8, 4) is 0 Å². The van der Waals surface area contributed by atoms with Crippen LogP contribution in [0, 0.1) is 29.6 Å². The molecule has 3 N–H and O–H groups in total. The fourth-order valence-electron chi connectivity index (χ4n) is 7.14. The van der Waals surface area contributed by atoms with Gasteiger partial charge in [-0.05, 0) is 92.5 Å². The van der Waals surface area contributed by atoms with Gasteiger partial charge in [0.15, 0.2) is 0 Å². The van der Waals surface area contributed by atoms with Gasteiger partial charge in [0.05, 0.1) is 17.1 Å². The molecule has 4 aliphatic carbocycles. The molecule has 2 aromatic carbocycles. The number of anilines is 1. The summed E-state index contributed by atoms with van der Waals surface area (Å²) in [6, 6.07) is 16.3. The van der Waals surface area contributed by atoms with Crippen LogP contribution < -0.4 is 10.6 Å². The van der Waals surface area contributed by atoms with Gasteiger partial charge in [0.2, 0.25) is 5.91 Å². The molecule has 0 spiro atoms. The third kappa shape index (κ3) is 3.62. The van der Waals surface area contributed by atoms with Crippen molar-refractivity contribution in [1.82, 2.24) is 15.3 Å². The first-order valence-corrected chi connectivity index (χ1v) is 12.2. The Morgan fingerprint density at radius 1 is 1.03 bits per heavy atom. The van der Waals surface area contributed by atoms with E-state index in [9.17, 15) is 4.79 Å². The Balaban J connectivity index is 1.16. The van der Waals surface area contributed by atoms with Crippen molar-refractivity contribution in [2.24, 2.45) is 29.6 Å². The summed E-state index contributed by atoms with van der Waals surface area (Å²) in [6.07, 6.45) is 7.58. The SMILES string of the molecule is CN[C@H](c1ccccc1)c1nc2cc(NC(=O)CC3C4CC5CC(C4)CC3C5)ccc2[nH]1. The van der Waals surface area contributed by atoms with Crippen LogP contribution in [0.25, 0.3) is 11.0 Å². The number of imidazole rings is 1. The summed E-state index contributed by atoms with van der Waals surface area (Å²) in [5.41, 5.74) is 3.86. The largest absolute Gasteiger partial charge is 0.340 e. The number of carbonyl (C=O) groups excluding carboxylic acids is 1. The third-order valence-corrected chi connectivity index (χ3v) is 8.32. The molecule has 1 heterocycles. The monoisotopic (exact) mass is 428 g/mol. The van der Waals surface area contributed by atoms with E-state index in [1.165, 1.54) is 37.7 Å². The van der Waals surface area contributed by atoms with Crippen LogP contribution in [-0.2, 0) is 4.79 Å². The zero-order chi connectivity index (χ0) is 21.7. The standard InChI is InChI=1S/C27H32N4O/c1-28-26(18-5-3-2-4-6-18)27-30-23-8-7-21(14-24(23)31-27)29-25(32)15-22-19-10-16-9-17(12-19)13-20(22)11-16/h2-8,14,16-17,19-20,22,26,28H,9-13,15H2,1H3,(H,29,32)(H,30,31)/t16?,17?,19?,20?,22?,26-/m1/s1. The molecule has 4 aliphatic rings. The van der Waals surface area contributed by atoms with Crippen LogP contribution in [0.3, 0.4) is 0 Å². The first-order valence-electron chi connectivity index (χ1n) is 12.2. The number of benzene rings is 2. The van der Waals surface area contributed by atoms with Crippen molar-refractivity contribution in [3.05, 3.63) is 59.9 Å². The second-order valence-corrected chi connectivity index (χ2v) is 10.3. The molecule has 1 atom stereocenters. The van der Waals surface area contributed by atoms with Gasteiger partial charge in [0.1, 0.15) is 5.82 Å². The van der Waals surface area contributed by atoms with Crippen molar-refractivity contribution in [2.75, 3.05) is 12.4 Å². The zero-order valence-corrected chi connectivity index (χ0v) is 18.7. The molecule has 3 aromatic rings. The minimum absolute atomic E-state index is 0.00133. The Labute approximate surface area is 189 Å². The number of aromatic nitrogens is 2. The fourth-order valence-corrected chi connectivity index (χ4v) is 7.14. The summed E-state index contributed by atoms with van der Waals surface area (Å²) in [4.78, 5) is 21.2. The molecule has 5 nitrogen and oxygen atoms in total. The molecule has 0 aliphatic heterocycles. The smallest absolute Gasteiger partial charge is 0.224 e. The van der Waals surface area contributed by atoms with Crippen molar-refractivity contribution in [2.45, 2.75) is 44.6 Å². The molecular formula is C27H32N4O. The van der Waals surface area contributed by atoms with Crippen LogP contribution in [0.1, 0.15) is 56.0 Å². The maximum absolute atomic E-state index is 12.9. The predicted octanol–water partition coefficient (Wildman–Crippen LogP) is 5.27. The molecule has 0 unspecified atom stereocenters. The average Bonchev–Trinajstić information content (AvgIpc) is 3.20. The minimum Gasteiger partial charge on any atom is -0.340 e. The molecule has 0 radical (unpaired) electrons. The Hall–Kier alpha value is -2.66. The van der Waals surface area contributed by atoms with E-state index in [1.54, 1.807) is 0 Å². The van der Waals surface area contributed by atoms with Gasteiger partial charge < -0.3 is 15.6 Å². The highest BCUT2D eigenvalue weighted by Crippen LogP contribution is 2.57. The molecule has 5 heteroatoms. The molecule has 1 aromatic heterocycles. The summed E-state index contributed by atoms with van der Waals surface area (Å²) in [6.45, 7) is 0. The predicted molar refractivity (Wildman–Crippen MR) is 127 cm³/mol. The molecular weight excluding hydrogens is 396 g/mol. The number of aromatic amines is 1. The second kappa shape index (κ2) is 8.04. The van der Waals surface area contributed by atoms with E-state index in [0.717, 1.165) is 46.2 Å². The van der Waals surface area contributed by atoms with E-state index >= 15 is 0 Å². The summed E-state index contributed by atoms with van der Waals surface area (Å²) >= 11 is 0. The molecule has 7 rings (SSSR count). The van der Waals surface area contributed by atoms with Gasteiger partial charge >= 0.3 is 0 Å². The van der Waals surface area contributed by atoms with E-state index < -0.39 is 0 Å². The number of hydrogen-bond acceptors (Lipinski definition) is 3. The first-order chi connectivity index (χ1) is 15.7. The first kappa shape index (κ1) is 20.0. The van der Waals surface area contributed by atoms with E-state index in [1.807, 2.05) is 43.4 Å². The zero-order valence-electron chi connectivity index (χ0n) is 18.7. The van der Waals surface area contributed by atoms with Crippen molar-refractivity contribution < 1.29 is 4.79 Å². The highest BCUT2D eigenvalue weighted by molar-refractivity contribution is 5.93. The maximum Gasteiger partial charge on any atom is 0.224 e. The Morgan fingerprint density at radius 2 is 1.75 bits per heavy atom. The van der Waals surface area contributed by atoms with E-state index in [2.05, 4.69) is 27.8 Å². The maximum atomic E-state index is 12.9. The summed E-state index contributed by atoms with van der Waals surface area (Å²) in [5, 5.41) is 6.52. The Bertz CT molecular complexity index is 1090. The third-order valence-electron chi connectivity index (χ3n) is 8.32. The van der Waals surface area contributed by atoms with Crippen LogP contribution in [0.2, 0.25) is 0 Å². The molecule has 32 heavy (non-hydrogen) atoms. The summed E-state index contributed by atoms with van der Waals surface area (Å²) in [7, 11) is 1.95. The van der Waals surface area contributed by atoms with Gasteiger partial charge in [-0.15, -0.1) is 0 Å². The van der Waals surface area contributed by atoms with Crippen LogP contribution in [0.4, 0.5) is 5.69 Å². The normalized spacial score (nSPS) is 29.3. The van der Waals surface area contributed by atoms with Gasteiger partial charge in [-0.3, -0.25) is 4.79 Å². The highest BCUT2D eigenvalue weighted by atomic mass is 16.1. The number of H-pyrrole nitrogens is 1. The van der Waals surface area contributed by atoms with Crippen LogP contribution in [0.15, 0.2) is 48.5 Å². The lowest BCUT2D eigenvalue weighted by atomic mass is 9.51. The topological polar surface area (TPSA) is 69.8 Å². The van der Waals surface area contributed by atoms with Crippen LogP contribution in [0.5, 0.6) is 0 Å². The molecule has 4 saturated carbocycles. The van der Waals surface area contributed by atoms with Gasteiger partial charge in [-0.25, -0.2) is 4.98 Å². The van der Waals surface area contributed by atoms with E-state index in [0.29, 0.717) is 12.3 Å². The van der Waals surface area contributed by atoms with Crippen molar-refractivity contribution >= 4 is 22.6 Å². The van der Waals surface area contributed by atoms with Gasteiger partial charge in [-0.1, -0.05) is 30.3 Å². The molecule has 4 fully saturated rings. The lowest BCUT2D eigenvalue weighted by Gasteiger charge is -2.54. The van der Waals surface area contributed by atoms with Crippen LogP contribution in [-0.4, -0.2) is 22.9 Å². The number of fused-ring (bicyclic) bond motifs is 1. The molecule has 166 valence electrons. The molecule has 0 saturated heterocycles. The Morgan fingerprint density at radius 3 is 2.44 bits per heavy atom. The number of rotatable bonds is 6. The second-order valence-electron chi connectivity index (χ2n) is 10.3.